The number of benzene rings is 1. The summed E-state index contributed by atoms with van der Waals surface area (Å²) in [7, 11) is 3.66. The average molecular weight is 254 g/mol. The molecule has 1 atom stereocenters. The standard InChI is InChI=1S/C12H13ClFN3/c1-15-12(11-5-6-17(2)16-11)8-3-4-9(13)10(14)7-8/h3-7,12,15H,1-2H3. The molecule has 1 N–H and O–H groups in total. The second-order valence-corrected chi connectivity index (χ2v) is 4.22. The molecule has 0 amide bonds. The maximum Gasteiger partial charge on any atom is 0.142 e. The Morgan fingerprint density at radius 2 is 2.18 bits per heavy atom. The third-order valence-corrected chi connectivity index (χ3v) is 2.90. The highest BCUT2D eigenvalue weighted by Crippen LogP contribution is 2.24. The van der Waals surface area contributed by atoms with Gasteiger partial charge in [-0.25, -0.2) is 4.39 Å². The molecule has 0 saturated heterocycles. The first-order valence-electron chi connectivity index (χ1n) is 5.23. The van der Waals surface area contributed by atoms with Crippen LogP contribution >= 0.6 is 11.6 Å². The van der Waals surface area contributed by atoms with Gasteiger partial charge in [-0.2, -0.15) is 5.10 Å². The summed E-state index contributed by atoms with van der Waals surface area (Å²) < 4.78 is 15.1. The van der Waals surface area contributed by atoms with Crippen LogP contribution in [0.1, 0.15) is 17.3 Å². The van der Waals surface area contributed by atoms with Crippen LogP contribution in [0.25, 0.3) is 0 Å². The van der Waals surface area contributed by atoms with Gasteiger partial charge in [-0.05, 0) is 30.8 Å². The van der Waals surface area contributed by atoms with Crippen molar-refractivity contribution < 1.29 is 4.39 Å². The van der Waals surface area contributed by atoms with E-state index >= 15 is 0 Å². The van der Waals surface area contributed by atoms with E-state index < -0.39 is 5.82 Å². The van der Waals surface area contributed by atoms with Crippen molar-refractivity contribution in [2.24, 2.45) is 7.05 Å². The highest BCUT2D eigenvalue weighted by molar-refractivity contribution is 6.30. The number of nitrogens with one attached hydrogen (secondary N) is 1. The molecule has 1 heterocycles. The van der Waals surface area contributed by atoms with Crippen LogP contribution in [-0.2, 0) is 7.05 Å². The van der Waals surface area contributed by atoms with Crippen molar-refractivity contribution in [2.45, 2.75) is 6.04 Å². The maximum absolute atomic E-state index is 13.4. The van der Waals surface area contributed by atoms with Crippen LogP contribution in [0.4, 0.5) is 4.39 Å². The van der Waals surface area contributed by atoms with E-state index in [-0.39, 0.29) is 11.1 Å². The minimum Gasteiger partial charge on any atom is -0.308 e. The highest BCUT2D eigenvalue weighted by Gasteiger charge is 2.15. The van der Waals surface area contributed by atoms with Crippen molar-refractivity contribution in [1.82, 2.24) is 15.1 Å². The Labute approximate surface area is 104 Å². The monoisotopic (exact) mass is 253 g/mol. The van der Waals surface area contributed by atoms with Crippen molar-refractivity contribution in [3.05, 3.63) is 52.6 Å². The van der Waals surface area contributed by atoms with Gasteiger partial charge in [0.1, 0.15) is 5.82 Å². The smallest absolute Gasteiger partial charge is 0.142 e. The fourth-order valence-corrected chi connectivity index (χ4v) is 1.88. The van der Waals surface area contributed by atoms with Gasteiger partial charge in [0.2, 0.25) is 0 Å². The van der Waals surface area contributed by atoms with E-state index in [4.69, 9.17) is 11.6 Å². The Morgan fingerprint density at radius 3 is 2.71 bits per heavy atom. The molecule has 0 aliphatic rings. The normalized spacial score (nSPS) is 12.7. The van der Waals surface area contributed by atoms with Crippen molar-refractivity contribution in [3.8, 4) is 0 Å². The Morgan fingerprint density at radius 1 is 1.41 bits per heavy atom. The fourth-order valence-electron chi connectivity index (χ4n) is 1.76. The molecule has 0 fully saturated rings. The van der Waals surface area contributed by atoms with Gasteiger partial charge in [0, 0.05) is 13.2 Å². The lowest BCUT2D eigenvalue weighted by Gasteiger charge is -2.14. The molecule has 0 radical (unpaired) electrons. The quantitative estimate of drug-likeness (QED) is 0.911. The largest absolute Gasteiger partial charge is 0.308 e. The summed E-state index contributed by atoms with van der Waals surface area (Å²) in [6.07, 6.45) is 1.85. The third-order valence-electron chi connectivity index (χ3n) is 2.60. The lowest BCUT2D eigenvalue weighted by atomic mass is 10.0. The molecule has 0 saturated carbocycles. The molecule has 0 bridgehead atoms. The predicted molar refractivity (Wildman–Crippen MR) is 65.5 cm³/mol. The summed E-state index contributed by atoms with van der Waals surface area (Å²) in [6, 6.07) is 6.54. The molecule has 90 valence electrons. The molecular weight excluding hydrogens is 241 g/mol. The molecule has 17 heavy (non-hydrogen) atoms. The molecule has 2 rings (SSSR count). The summed E-state index contributed by atoms with van der Waals surface area (Å²) in [4.78, 5) is 0. The van der Waals surface area contributed by atoms with Gasteiger partial charge in [0.05, 0.1) is 16.8 Å². The van der Waals surface area contributed by atoms with E-state index in [1.807, 2.05) is 26.4 Å². The molecule has 3 nitrogen and oxygen atoms in total. The number of halogens is 2. The molecule has 1 unspecified atom stereocenters. The molecule has 0 spiro atoms. The summed E-state index contributed by atoms with van der Waals surface area (Å²) in [5.41, 5.74) is 1.64. The number of aromatic nitrogens is 2. The zero-order chi connectivity index (χ0) is 12.4. The zero-order valence-corrected chi connectivity index (χ0v) is 10.4. The summed E-state index contributed by atoms with van der Waals surface area (Å²) in [6.45, 7) is 0. The number of aryl methyl sites for hydroxylation is 1. The number of nitrogens with zero attached hydrogens (tertiary/aromatic N) is 2. The SMILES string of the molecule is CNC(c1ccc(Cl)c(F)c1)c1ccn(C)n1. The first kappa shape index (κ1) is 12.1. The maximum atomic E-state index is 13.4. The minimum absolute atomic E-state index is 0.129. The second-order valence-electron chi connectivity index (χ2n) is 3.81. The van der Waals surface area contributed by atoms with Crippen molar-refractivity contribution in [1.29, 1.82) is 0 Å². The van der Waals surface area contributed by atoms with Crippen molar-refractivity contribution in [3.63, 3.8) is 0 Å². The van der Waals surface area contributed by atoms with Gasteiger partial charge in [0.15, 0.2) is 0 Å². The Kier molecular flexibility index (Phi) is 3.45. The summed E-state index contributed by atoms with van der Waals surface area (Å²) >= 11 is 5.66. The number of rotatable bonds is 3. The van der Waals surface area contributed by atoms with Crippen molar-refractivity contribution in [2.75, 3.05) is 7.05 Å². The molecule has 0 aliphatic heterocycles. The van der Waals surface area contributed by atoms with Gasteiger partial charge in [-0.1, -0.05) is 17.7 Å². The Balaban J connectivity index is 2.38. The average Bonchev–Trinajstić information content (AvgIpc) is 2.71. The van der Waals surface area contributed by atoms with Crippen LogP contribution in [0.15, 0.2) is 30.5 Å². The van der Waals surface area contributed by atoms with Gasteiger partial charge in [-0.15, -0.1) is 0 Å². The fraction of sp³-hybridized carbons (Fsp3) is 0.250. The topological polar surface area (TPSA) is 29.9 Å². The van der Waals surface area contributed by atoms with Crippen LogP contribution in [0.5, 0.6) is 0 Å². The van der Waals surface area contributed by atoms with Crippen LogP contribution < -0.4 is 5.32 Å². The molecular formula is C12H13ClFN3. The van der Waals surface area contributed by atoms with E-state index in [0.717, 1.165) is 11.3 Å². The lowest BCUT2D eigenvalue weighted by Crippen LogP contribution is -2.18. The van der Waals surface area contributed by atoms with E-state index in [9.17, 15) is 4.39 Å². The number of hydrogen-bond donors (Lipinski definition) is 1. The van der Waals surface area contributed by atoms with Crippen molar-refractivity contribution >= 4 is 11.6 Å². The van der Waals surface area contributed by atoms with E-state index in [1.165, 1.54) is 6.07 Å². The van der Waals surface area contributed by atoms with Gasteiger partial charge in [0.25, 0.3) is 0 Å². The van der Waals surface area contributed by atoms with Crippen LogP contribution in [0.3, 0.4) is 0 Å². The van der Waals surface area contributed by atoms with E-state index in [2.05, 4.69) is 10.4 Å². The lowest BCUT2D eigenvalue weighted by molar-refractivity contribution is 0.609. The number of hydrogen-bond acceptors (Lipinski definition) is 2. The second kappa shape index (κ2) is 4.85. The first-order chi connectivity index (χ1) is 8.11. The van der Waals surface area contributed by atoms with Gasteiger partial charge < -0.3 is 5.32 Å². The molecule has 2 aromatic rings. The molecule has 0 aliphatic carbocycles. The first-order valence-corrected chi connectivity index (χ1v) is 5.61. The molecule has 5 heteroatoms. The van der Waals surface area contributed by atoms with Crippen LogP contribution in [0, 0.1) is 5.82 Å². The highest BCUT2D eigenvalue weighted by atomic mass is 35.5. The van der Waals surface area contributed by atoms with E-state index in [0.29, 0.717) is 0 Å². The zero-order valence-electron chi connectivity index (χ0n) is 9.61. The summed E-state index contributed by atoms with van der Waals surface area (Å²) in [5.74, 6) is -0.416. The van der Waals surface area contributed by atoms with Crippen LogP contribution in [-0.4, -0.2) is 16.8 Å². The van der Waals surface area contributed by atoms with E-state index in [1.54, 1.807) is 16.8 Å². The van der Waals surface area contributed by atoms with Gasteiger partial charge >= 0.3 is 0 Å². The third kappa shape index (κ3) is 2.48. The molecule has 1 aromatic heterocycles. The minimum atomic E-state index is -0.416. The molecule has 1 aromatic carbocycles. The predicted octanol–water partition coefficient (Wildman–Crippen LogP) is 2.52. The Bertz CT molecular complexity index is 524. The Hall–Kier alpha value is -1.39. The summed E-state index contributed by atoms with van der Waals surface area (Å²) in [5, 5.41) is 7.55. The van der Waals surface area contributed by atoms with Gasteiger partial charge in [-0.3, -0.25) is 4.68 Å². The van der Waals surface area contributed by atoms with Crippen LogP contribution in [0.2, 0.25) is 5.02 Å².